The van der Waals surface area contributed by atoms with Crippen LogP contribution in [0.3, 0.4) is 0 Å². The molecular weight excluding hydrogens is 1250 g/mol. The molecule has 0 saturated heterocycles. The molecule has 17 aromatic rings. The molecule has 466 valence electrons. The van der Waals surface area contributed by atoms with Crippen LogP contribution in [0.1, 0.15) is 0 Å². The zero-order valence-corrected chi connectivity index (χ0v) is 55.7. The summed E-state index contributed by atoms with van der Waals surface area (Å²) in [5.74, 6) is 1.64. The number of para-hydroxylation sites is 7. The minimum absolute atomic E-state index is 0.217. The first-order valence-corrected chi connectivity index (χ1v) is 35.8. The molecule has 4 aliphatic heterocycles. The minimum Gasteiger partial charge on any atom is -0.458 e. The van der Waals surface area contributed by atoms with E-state index in [0.29, 0.717) is 0 Å². The van der Waals surface area contributed by atoms with E-state index >= 15 is 0 Å². The average molecular weight is 1310 g/mol. The van der Waals surface area contributed by atoms with Crippen molar-refractivity contribution in [1.82, 2.24) is 0 Å². The Morgan fingerprint density at radius 3 is 1.26 bits per heavy atom. The van der Waals surface area contributed by atoms with Gasteiger partial charge in [-0.3, -0.25) is 0 Å². The Hall–Kier alpha value is -12.3. The number of nitrogens with zero attached hydrogens (tertiary/aromatic N) is 5. The molecule has 2 aromatic heterocycles. The predicted molar refractivity (Wildman–Crippen MR) is 427 cm³/mol. The monoisotopic (exact) mass is 1310 g/mol. The molecule has 0 saturated carbocycles. The molecule has 0 radical (unpaired) electrons. The lowest BCUT2D eigenvalue weighted by Gasteiger charge is -2.46. The Morgan fingerprint density at radius 1 is 0.270 bits per heavy atom. The Kier molecular flexibility index (Phi) is 12.9. The van der Waals surface area contributed by atoms with Crippen molar-refractivity contribution in [2.24, 2.45) is 0 Å². The van der Waals surface area contributed by atoms with Crippen LogP contribution in [-0.4, -0.2) is 13.4 Å². The Labute approximate surface area is 588 Å². The van der Waals surface area contributed by atoms with E-state index in [0.717, 1.165) is 119 Å². The van der Waals surface area contributed by atoms with Crippen molar-refractivity contribution in [3.63, 3.8) is 0 Å². The SMILES string of the molecule is c1ccc(-c2ccccc2N2c3cc4c(cc3B3c5ccccc5N(c5ccccc5)c5cc(N(c6ccccc6)c6cccc7c6sc6ccccc67)cc2c53)B2c3ccccc3N(c3ccccc3)c3cc(N(c5ccccc5)c5cccc6c5sc5ccccc56)cc(c32)O4)cc1. The van der Waals surface area contributed by atoms with Crippen LogP contribution in [0.2, 0.25) is 0 Å². The summed E-state index contributed by atoms with van der Waals surface area (Å²) in [6.07, 6.45) is 0. The molecule has 6 nitrogen and oxygen atoms in total. The molecule has 0 bridgehead atoms. The standard InChI is InChI=1S/C90H57B2N5OS2/c1-6-28-58(29-7-1)65-38-16-21-45-74(65)97-79-57-83-73(92-71-44-20-23-47-76(71)96(62-36-14-5-15-37-62)82-54-64(55-84(98-83)88(82)92)94(60-32-10-3-11-33-60)78-49-27-42-69-67-40-18-25-51-86(67)100-90(69)78)56-72(79)91-70-43-19-22-46-75(70)95(61-34-12-4-13-35-61)80-52-63(53-81(97)87(80)91)93(59-30-8-2-9-31-59)77-48-26-41-68-66-39-17-24-50-85(66)99-89(68)77/h1-57H. The highest BCUT2D eigenvalue weighted by Crippen LogP contribution is 2.54. The molecule has 0 amide bonds. The summed E-state index contributed by atoms with van der Waals surface area (Å²) in [6, 6.07) is 128. The number of rotatable bonds is 10. The van der Waals surface area contributed by atoms with Gasteiger partial charge in [0.2, 0.25) is 0 Å². The molecule has 15 aromatic carbocycles. The van der Waals surface area contributed by atoms with Crippen molar-refractivity contribution in [2.45, 2.75) is 0 Å². The third kappa shape index (κ3) is 8.64. The molecule has 0 spiro atoms. The van der Waals surface area contributed by atoms with Gasteiger partial charge in [0.25, 0.3) is 13.4 Å². The van der Waals surface area contributed by atoms with E-state index in [-0.39, 0.29) is 13.4 Å². The number of hydrogen-bond donors (Lipinski definition) is 0. The zero-order valence-electron chi connectivity index (χ0n) is 54.0. The van der Waals surface area contributed by atoms with Gasteiger partial charge in [0, 0.05) is 106 Å². The van der Waals surface area contributed by atoms with Gasteiger partial charge in [0.05, 0.1) is 37.8 Å². The van der Waals surface area contributed by atoms with Crippen molar-refractivity contribution in [2.75, 3.05) is 24.5 Å². The zero-order chi connectivity index (χ0) is 65.5. The van der Waals surface area contributed by atoms with Crippen molar-refractivity contribution in [3.8, 4) is 22.6 Å². The predicted octanol–water partition coefficient (Wildman–Crippen LogP) is 21.5. The average Bonchev–Trinajstić information content (AvgIpc) is 1.25. The van der Waals surface area contributed by atoms with Gasteiger partial charge in [-0.2, -0.15) is 0 Å². The maximum absolute atomic E-state index is 7.98. The minimum atomic E-state index is -0.218. The molecule has 6 heterocycles. The van der Waals surface area contributed by atoms with Gasteiger partial charge in [-0.15, -0.1) is 22.7 Å². The highest BCUT2D eigenvalue weighted by Gasteiger charge is 2.48. The summed E-state index contributed by atoms with van der Waals surface area (Å²) in [5, 5.41) is 5.00. The first kappa shape index (κ1) is 56.8. The van der Waals surface area contributed by atoms with Gasteiger partial charge in [0.15, 0.2) is 0 Å². The van der Waals surface area contributed by atoms with Crippen LogP contribution in [0.25, 0.3) is 51.5 Å². The number of thiophene rings is 2. The lowest BCUT2D eigenvalue weighted by molar-refractivity contribution is 0.488. The number of hydrogen-bond acceptors (Lipinski definition) is 8. The van der Waals surface area contributed by atoms with Crippen LogP contribution in [0.4, 0.5) is 85.3 Å². The Bertz CT molecular complexity index is 6150. The van der Waals surface area contributed by atoms with Gasteiger partial charge < -0.3 is 29.2 Å². The van der Waals surface area contributed by atoms with Crippen molar-refractivity contribution in [3.05, 3.63) is 346 Å². The van der Waals surface area contributed by atoms with E-state index in [9.17, 15) is 0 Å². The van der Waals surface area contributed by atoms with Crippen LogP contribution in [0, 0.1) is 0 Å². The Balaban J connectivity index is 0.858. The molecule has 0 unspecified atom stereocenters. The first-order chi connectivity index (χ1) is 49.6. The van der Waals surface area contributed by atoms with Crippen molar-refractivity contribution >= 4 is 195 Å². The molecular formula is C90H57B2N5OS2. The molecule has 4 aliphatic rings. The first-order valence-electron chi connectivity index (χ1n) is 34.2. The fraction of sp³-hybridized carbons (Fsp3) is 0. The quantitative estimate of drug-likeness (QED) is 0.127. The lowest BCUT2D eigenvalue weighted by Crippen LogP contribution is -2.64. The van der Waals surface area contributed by atoms with Crippen LogP contribution < -0.4 is 62.0 Å². The van der Waals surface area contributed by atoms with Gasteiger partial charge in [-0.1, -0.05) is 224 Å². The van der Waals surface area contributed by atoms with Crippen LogP contribution in [-0.2, 0) is 0 Å². The second kappa shape index (κ2) is 22.6. The van der Waals surface area contributed by atoms with Gasteiger partial charge >= 0.3 is 0 Å². The summed E-state index contributed by atoms with van der Waals surface area (Å²) in [4.78, 5) is 12.5. The van der Waals surface area contributed by atoms with Gasteiger partial charge in [-0.25, -0.2) is 0 Å². The molecule has 0 fully saturated rings. The van der Waals surface area contributed by atoms with E-state index in [1.165, 1.54) is 62.2 Å². The molecule has 0 atom stereocenters. The summed E-state index contributed by atoms with van der Waals surface area (Å²) in [7, 11) is 0. The fourth-order valence-corrected chi connectivity index (χ4v) is 19.1. The number of benzene rings is 15. The lowest BCUT2D eigenvalue weighted by atomic mass is 9.30. The fourth-order valence-electron chi connectivity index (χ4n) is 16.7. The van der Waals surface area contributed by atoms with Crippen LogP contribution >= 0.6 is 22.7 Å². The van der Waals surface area contributed by atoms with Crippen molar-refractivity contribution in [1.29, 1.82) is 0 Å². The van der Waals surface area contributed by atoms with E-state index < -0.39 is 0 Å². The normalized spacial score (nSPS) is 13.0. The largest absolute Gasteiger partial charge is 0.458 e. The van der Waals surface area contributed by atoms with E-state index in [1.807, 2.05) is 22.7 Å². The second-order valence-electron chi connectivity index (χ2n) is 26.2. The van der Waals surface area contributed by atoms with Gasteiger partial charge in [0.1, 0.15) is 11.5 Å². The van der Waals surface area contributed by atoms with E-state index in [4.69, 9.17) is 4.74 Å². The third-order valence-electron chi connectivity index (χ3n) is 20.8. The maximum atomic E-state index is 7.98. The highest BCUT2D eigenvalue weighted by molar-refractivity contribution is 7.27. The second-order valence-corrected chi connectivity index (χ2v) is 28.3. The molecule has 21 rings (SSSR count). The van der Waals surface area contributed by atoms with E-state index in [2.05, 4.69) is 370 Å². The molecule has 0 aliphatic carbocycles. The van der Waals surface area contributed by atoms with Crippen molar-refractivity contribution < 1.29 is 4.74 Å². The molecule has 0 N–H and O–H groups in total. The number of anilines is 15. The van der Waals surface area contributed by atoms with Crippen LogP contribution in [0.5, 0.6) is 11.5 Å². The summed E-state index contributed by atoms with van der Waals surface area (Å²) >= 11 is 3.71. The smallest absolute Gasteiger partial charge is 0.256 e. The molecule has 10 heteroatoms. The summed E-state index contributed by atoms with van der Waals surface area (Å²) in [5.41, 5.74) is 25.6. The topological polar surface area (TPSA) is 25.4 Å². The number of ether oxygens (including phenoxy) is 1. The maximum Gasteiger partial charge on any atom is 0.256 e. The molecule has 100 heavy (non-hydrogen) atoms. The summed E-state index contributed by atoms with van der Waals surface area (Å²) < 4.78 is 13.0. The van der Waals surface area contributed by atoms with Crippen LogP contribution in [0.15, 0.2) is 346 Å². The highest BCUT2D eigenvalue weighted by atomic mass is 32.1. The Morgan fingerprint density at radius 2 is 0.700 bits per heavy atom. The van der Waals surface area contributed by atoms with Gasteiger partial charge in [-0.05, 0) is 148 Å². The number of fused-ring (bicyclic) bond motifs is 14. The van der Waals surface area contributed by atoms with E-state index in [1.54, 1.807) is 0 Å². The summed E-state index contributed by atoms with van der Waals surface area (Å²) in [6.45, 7) is -0.435. The third-order valence-corrected chi connectivity index (χ3v) is 23.2.